The Labute approximate surface area is 112 Å². The molecule has 0 saturated heterocycles. The van der Waals surface area contributed by atoms with E-state index in [0.717, 1.165) is 17.5 Å². The molecule has 1 aromatic carbocycles. The van der Waals surface area contributed by atoms with Gasteiger partial charge >= 0.3 is 12.4 Å². The van der Waals surface area contributed by atoms with Gasteiger partial charge in [-0.25, -0.2) is 4.98 Å². The number of nitrogens with zero attached hydrogens (tertiary/aromatic N) is 1. The molecular formula is C11H4F6NOS. The minimum Gasteiger partial charge on any atom is -0.445 e. The third kappa shape index (κ3) is 3.41. The summed E-state index contributed by atoms with van der Waals surface area (Å²) in [5.74, 6) is -0.565. The Morgan fingerprint density at radius 1 is 0.950 bits per heavy atom. The monoisotopic (exact) mass is 312 g/mol. The van der Waals surface area contributed by atoms with Crippen molar-refractivity contribution in [2.45, 2.75) is 12.4 Å². The number of alkyl halides is 6. The van der Waals surface area contributed by atoms with Gasteiger partial charge < -0.3 is 4.74 Å². The van der Waals surface area contributed by atoms with Crippen molar-refractivity contribution in [3.05, 3.63) is 41.0 Å². The predicted molar refractivity (Wildman–Crippen MR) is 57.5 cm³/mol. The second-order valence-corrected chi connectivity index (χ2v) is 4.40. The van der Waals surface area contributed by atoms with Crippen molar-refractivity contribution < 1.29 is 31.1 Å². The molecule has 2 rings (SSSR count). The first-order valence-electron chi connectivity index (χ1n) is 4.95. The zero-order valence-electron chi connectivity index (χ0n) is 9.34. The predicted octanol–water partition coefficient (Wildman–Crippen LogP) is 4.77. The van der Waals surface area contributed by atoms with Gasteiger partial charge in [-0.3, -0.25) is 0 Å². The summed E-state index contributed by atoms with van der Waals surface area (Å²) >= 11 is 0.824. The van der Waals surface area contributed by atoms with Crippen molar-refractivity contribution in [2.24, 2.45) is 0 Å². The average Bonchev–Trinajstić information content (AvgIpc) is 2.79. The molecule has 107 valence electrons. The van der Waals surface area contributed by atoms with Crippen molar-refractivity contribution >= 4 is 11.3 Å². The molecule has 0 bridgehead atoms. The molecule has 20 heavy (non-hydrogen) atoms. The highest BCUT2D eigenvalue weighted by molar-refractivity contribution is 7.11. The molecule has 0 atom stereocenters. The second kappa shape index (κ2) is 4.97. The lowest BCUT2D eigenvalue weighted by Gasteiger charge is -2.13. The van der Waals surface area contributed by atoms with Crippen LogP contribution in [0.25, 0.3) is 0 Å². The van der Waals surface area contributed by atoms with Crippen LogP contribution in [0, 0.1) is 5.51 Å². The number of hydrogen-bond donors (Lipinski definition) is 0. The summed E-state index contributed by atoms with van der Waals surface area (Å²) in [4.78, 5) is 3.48. The highest BCUT2D eigenvalue weighted by Gasteiger charge is 2.37. The summed E-state index contributed by atoms with van der Waals surface area (Å²) in [5.41, 5.74) is -0.507. The van der Waals surface area contributed by atoms with Crippen LogP contribution in [0.3, 0.4) is 0 Å². The maximum Gasteiger partial charge on any atom is 0.416 e. The van der Waals surface area contributed by atoms with Crippen LogP contribution in [0.5, 0.6) is 10.8 Å². The minimum atomic E-state index is -4.90. The van der Waals surface area contributed by atoms with Crippen molar-refractivity contribution in [1.82, 2.24) is 4.98 Å². The van der Waals surface area contributed by atoms with Gasteiger partial charge in [0.05, 0.1) is 17.3 Å². The van der Waals surface area contributed by atoms with Gasteiger partial charge in [-0.2, -0.15) is 26.3 Å². The highest BCUT2D eigenvalue weighted by Crippen LogP contribution is 2.39. The fourth-order valence-electron chi connectivity index (χ4n) is 1.33. The number of rotatable bonds is 2. The molecule has 2 nitrogen and oxygen atoms in total. The van der Waals surface area contributed by atoms with Crippen molar-refractivity contribution in [3.63, 3.8) is 0 Å². The molecule has 0 amide bonds. The van der Waals surface area contributed by atoms with Crippen LogP contribution in [-0.4, -0.2) is 4.98 Å². The van der Waals surface area contributed by atoms with E-state index in [4.69, 9.17) is 4.74 Å². The molecule has 0 N–H and O–H groups in total. The molecule has 1 radical (unpaired) electrons. The number of thiazole rings is 1. The molecule has 0 fully saturated rings. The molecule has 2 aromatic rings. The molecular weight excluding hydrogens is 308 g/mol. The third-order valence-corrected chi connectivity index (χ3v) is 2.74. The first kappa shape index (κ1) is 14.6. The van der Waals surface area contributed by atoms with Crippen LogP contribution < -0.4 is 4.74 Å². The normalized spacial score (nSPS) is 12.5. The van der Waals surface area contributed by atoms with E-state index < -0.39 is 29.2 Å². The number of ether oxygens (including phenoxy) is 1. The van der Waals surface area contributed by atoms with E-state index in [-0.39, 0.29) is 11.1 Å². The smallest absolute Gasteiger partial charge is 0.416 e. The van der Waals surface area contributed by atoms with Gasteiger partial charge in [0.1, 0.15) is 5.75 Å². The number of halogens is 6. The molecule has 0 unspecified atom stereocenters. The molecule has 0 aliphatic rings. The first-order chi connectivity index (χ1) is 9.16. The molecule has 1 heterocycles. The van der Waals surface area contributed by atoms with Crippen molar-refractivity contribution in [2.75, 3.05) is 0 Å². The van der Waals surface area contributed by atoms with Crippen LogP contribution in [0.1, 0.15) is 11.1 Å². The largest absolute Gasteiger partial charge is 0.445 e. The average molecular weight is 312 g/mol. The summed E-state index contributed by atoms with van der Waals surface area (Å²) in [7, 11) is 0. The Morgan fingerprint density at radius 2 is 1.50 bits per heavy atom. The Bertz CT molecular complexity index is 558. The molecule has 1 aromatic heterocycles. The van der Waals surface area contributed by atoms with E-state index >= 15 is 0 Å². The van der Waals surface area contributed by atoms with Crippen LogP contribution in [-0.2, 0) is 12.4 Å². The van der Waals surface area contributed by atoms with E-state index in [2.05, 4.69) is 10.5 Å². The number of aromatic nitrogens is 1. The van der Waals surface area contributed by atoms with Crippen LogP contribution >= 0.6 is 11.3 Å². The molecule has 9 heteroatoms. The molecule has 0 aliphatic heterocycles. The molecule has 0 saturated carbocycles. The minimum absolute atomic E-state index is 0.0334. The number of benzene rings is 1. The fourth-order valence-corrected chi connectivity index (χ4v) is 1.76. The quantitative estimate of drug-likeness (QED) is 0.745. The Morgan fingerprint density at radius 3 is 1.90 bits per heavy atom. The van der Waals surface area contributed by atoms with Crippen molar-refractivity contribution in [3.8, 4) is 10.8 Å². The van der Waals surface area contributed by atoms with Gasteiger partial charge in [-0.15, -0.1) is 0 Å². The molecule has 0 spiro atoms. The summed E-state index contributed by atoms with van der Waals surface area (Å²) in [6.45, 7) is 0. The SMILES string of the molecule is FC(F)(F)c1cc(Oc2cn[c]s2)cc(C(F)(F)F)c1. The van der Waals surface area contributed by atoms with Gasteiger partial charge in [0, 0.05) is 0 Å². The maximum atomic E-state index is 12.6. The Kier molecular flexibility index (Phi) is 3.63. The fraction of sp³-hybridized carbons (Fsp3) is 0.182. The van der Waals surface area contributed by atoms with Gasteiger partial charge in [-0.05, 0) is 18.2 Å². The van der Waals surface area contributed by atoms with Gasteiger partial charge in [0.15, 0.2) is 5.51 Å². The van der Waals surface area contributed by atoms with E-state index in [1.54, 1.807) is 0 Å². The summed E-state index contributed by atoms with van der Waals surface area (Å²) < 4.78 is 80.4. The van der Waals surface area contributed by atoms with E-state index in [9.17, 15) is 26.3 Å². The zero-order valence-corrected chi connectivity index (χ0v) is 10.2. The maximum absolute atomic E-state index is 12.6. The Balaban J connectivity index is 2.46. The summed E-state index contributed by atoms with van der Waals surface area (Å²) in [6.07, 6.45) is -8.67. The van der Waals surface area contributed by atoms with E-state index in [0.29, 0.717) is 12.1 Å². The van der Waals surface area contributed by atoms with Gasteiger partial charge in [0.25, 0.3) is 0 Å². The van der Waals surface area contributed by atoms with E-state index in [1.165, 1.54) is 0 Å². The topological polar surface area (TPSA) is 22.1 Å². The lowest BCUT2D eigenvalue weighted by Crippen LogP contribution is -2.10. The lowest BCUT2D eigenvalue weighted by molar-refractivity contribution is -0.143. The van der Waals surface area contributed by atoms with Crippen LogP contribution in [0.2, 0.25) is 0 Å². The molecule has 0 aliphatic carbocycles. The first-order valence-corrected chi connectivity index (χ1v) is 5.77. The third-order valence-electron chi connectivity index (χ3n) is 2.15. The van der Waals surface area contributed by atoms with E-state index in [1.807, 2.05) is 0 Å². The van der Waals surface area contributed by atoms with Gasteiger partial charge in [0.2, 0.25) is 5.06 Å². The highest BCUT2D eigenvalue weighted by atomic mass is 32.1. The van der Waals surface area contributed by atoms with Crippen LogP contribution in [0.15, 0.2) is 24.4 Å². The van der Waals surface area contributed by atoms with Crippen molar-refractivity contribution in [1.29, 1.82) is 0 Å². The summed E-state index contributed by atoms with van der Waals surface area (Å²) in [5, 5.41) is 0.0393. The van der Waals surface area contributed by atoms with Gasteiger partial charge in [-0.1, -0.05) is 11.3 Å². The zero-order chi connectivity index (χ0) is 15.0. The Hall–Kier alpha value is -1.77. The second-order valence-electron chi connectivity index (χ2n) is 3.61. The number of hydrogen-bond acceptors (Lipinski definition) is 3. The summed E-state index contributed by atoms with van der Waals surface area (Å²) in [6, 6.07) is 1.02. The lowest BCUT2D eigenvalue weighted by atomic mass is 10.1. The standard InChI is InChI=1S/C11H4F6NOS/c12-10(13,14)6-1-7(11(15,16)17)3-8(2-6)19-9-4-18-5-20-9/h1-4H. The van der Waals surface area contributed by atoms with Crippen LogP contribution in [0.4, 0.5) is 26.3 Å².